The number of anilines is 1. The summed E-state index contributed by atoms with van der Waals surface area (Å²) >= 11 is 5.95. The number of amides is 1. The number of halogens is 1. The SMILES string of the molecule is CCC1CCCCN1C(=O)c1cc(N)cc(Cl)c1. The topological polar surface area (TPSA) is 46.3 Å². The number of rotatable bonds is 2. The van der Waals surface area contributed by atoms with Crippen LogP contribution in [0.5, 0.6) is 0 Å². The van der Waals surface area contributed by atoms with E-state index in [1.807, 2.05) is 4.90 Å². The van der Waals surface area contributed by atoms with Crippen LogP contribution in [-0.4, -0.2) is 23.4 Å². The largest absolute Gasteiger partial charge is 0.399 e. The second-order valence-corrected chi connectivity index (χ2v) is 5.27. The molecule has 0 bridgehead atoms. The van der Waals surface area contributed by atoms with Crippen molar-refractivity contribution in [2.75, 3.05) is 12.3 Å². The van der Waals surface area contributed by atoms with Gasteiger partial charge >= 0.3 is 0 Å². The van der Waals surface area contributed by atoms with Gasteiger partial charge in [0.25, 0.3) is 5.91 Å². The Labute approximate surface area is 113 Å². The second-order valence-electron chi connectivity index (χ2n) is 4.83. The zero-order valence-electron chi connectivity index (χ0n) is 10.7. The molecule has 1 aliphatic rings. The fourth-order valence-corrected chi connectivity index (χ4v) is 2.84. The van der Waals surface area contributed by atoms with Crippen LogP contribution in [0.1, 0.15) is 43.0 Å². The van der Waals surface area contributed by atoms with Crippen molar-refractivity contribution in [3.05, 3.63) is 28.8 Å². The maximum atomic E-state index is 12.5. The van der Waals surface area contributed by atoms with Gasteiger partial charge in [0.2, 0.25) is 0 Å². The van der Waals surface area contributed by atoms with Gasteiger partial charge in [0.15, 0.2) is 0 Å². The number of likely N-dealkylation sites (tertiary alicyclic amines) is 1. The standard InChI is InChI=1S/C14H19ClN2O/c1-2-13-5-3-4-6-17(13)14(18)10-7-11(15)9-12(16)8-10/h7-9,13H,2-6,16H2,1H3. The van der Waals surface area contributed by atoms with Gasteiger partial charge in [0.1, 0.15) is 0 Å². The van der Waals surface area contributed by atoms with E-state index in [9.17, 15) is 4.79 Å². The number of carbonyl (C=O) groups is 1. The van der Waals surface area contributed by atoms with Gasteiger partial charge in [-0.15, -0.1) is 0 Å². The van der Waals surface area contributed by atoms with Crippen LogP contribution in [0.15, 0.2) is 18.2 Å². The molecule has 1 aromatic carbocycles. The molecule has 0 spiro atoms. The van der Waals surface area contributed by atoms with Gasteiger partial charge < -0.3 is 10.6 Å². The van der Waals surface area contributed by atoms with E-state index < -0.39 is 0 Å². The summed E-state index contributed by atoms with van der Waals surface area (Å²) < 4.78 is 0. The number of nitrogens with two attached hydrogens (primary N) is 1. The van der Waals surface area contributed by atoms with Crippen molar-refractivity contribution < 1.29 is 4.79 Å². The van der Waals surface area contributed by atoms with Gasteiger partial charge in [-0.1, -0.05) is 18.5 Å². The fraction of sp³-hybridized carbons (Fsp3) is 0.500. The first kappa shape index (κ1) is 13.2. The third-order valence-electron chi connectivity index (χ3n) is 3.53. The zero-order valence-corrected chi connectivity index (χ0v) is 11.4. The first-order chi connectivity index (χ1) is 8.61. The van der Waals surface area contributed by atoms with Crippen LogP contribution >= 0.6 is 11.6 Å². The van der Waals surface area contributed by atoms with Gasteiger partial charge in [-0.25, -0.2) is 0 Å². The lowest BCUT2D eigenvalue weighted by atomic mass is 9.99. The Hall–Kier alpha value is -1.22. The Bertz CT molecular complexity index is 427. The lowest BCUT2D eigenvalue weighted by Gasteiger charge is -2.35. The van der Waals surface area contributed by atoms with Crippen LogP contribution in [0.2, 0.25) is 5.02 Å². The number of piperidine rings is 1. The molecule has 1 aromatic rings. The lowest BCUT2D eigenvalue weighted by Crippen LogP contribution is -2.43. The van der Waals surface area contributed by atoms with Crippen molar-refractivity contribution in [3.8, 4) is 0 Å². The average molecular weight is 267 g/mol. The molecule has 0 saturated carbocycles. The van der Waals surface area contributed by atoms with Gasteiger partial charge in [-0.05, 0) is 43.9 Å². The number of nitrogen functional groups attached to an aromatic ring is 1. The molecule has 0 radical (unpaired) electrons. The average Bonchev–Trinajstić information content (AvgIpc) is 2.36. The minimum absolute atomic E-state index is 0.0516. The number of carbonyl (C=O) groups excluding carboxylic acids is 1. The van der Waals surface area contributed by atoms with Crippen LogP contribution in [0, 0.1) is 0 Å². The van der Waals surface area contributed by atoms with Crippen LogP contribution in [0.4, 0.5) is 5.69 Å². The molecular weight excluding hydrogens is 248 g/mol. The van der Waals surface area contributed by atoms with Gasteiger partial charge in [-0.2, -0.15) is 0 Å². The number of hydrogen-bond acceptors (Lipinski definition) is 2. The van der Waals surface area contributed by atoms with Gasteiger partial charge in [-0.3, -0.25) is 4.79 Å². The molecule has 0 aliphatic carbocycles. The molecule has 1 amide bonds. The van der Waals surface area contributed by atoms with Crippen LogP contribution in [0.25, 0.3) is 0 Å². The van der Waals surface area contributed by atoms with E-state index in [2.05, 4.69) is 6.92 Å². The Balaban J connectivity index is 2.23. The minimum atomic E-state index is 0.0516. The molecule has 1 saturated heterocycles. The van der Waals surface area contributed by atoms with Crippen molar-refractivity contribution >= 4 is 23.2 Å². The highest BCUT2D eigenvalue weighted by molar-refractivity contribution is 6.31. The van der Waals surface area contributed by atoms with E-state index in [1.165, 1.54) is 6.42 Å². The molecule has 2 rings (SSSR count). The summed E-state index contributed by atoms with van der Waals surface area (Å²) in [7, 11) is 0. The predicted molar refractivity (Wildman–Crippen MR) is 74.8 cm³/mol. The summed E-state index contributed by atoms with van der Waals surface area (Å²) in [4.78, 5) is 14.5. The van der Waals surface area contributed by atoms with Crippen LogP contribution in [0.3, 0.4) is 0 Å². The first-order valence-electron chi connectivity index (χ1n) is 6.49. The predicted octanol–water partition coefficient (Wildman–Crippen LogP) is 3.33. The van der Waals surface area contributed by atoms with E-state index >= 15 is 0 Å². The van der Waals surface area contributed by atoms with E-state index in [0.717, 1.165) is 25.8 Å². The summed E-state index contributed by atoms with van der Waals surface area (Å²) in [6.45, 7) is 2.96. The molecule has 1 fully saturated rings. The Morgan fingerprint density at radius 1 is 1.44 bits per heavy atom. The van der Waals surface area contributed by atoms with Crippen LogP contribution in [-0.2, 0) is 0 Å². The van der Waals surface area contributed by atoms with Crippen LogP contribution < -0.4 is 5.73 Å². The summed E-state index contributed by atoms with van der Waals surface area (Å²) in [5.41, 5.74) is 6.87. The van der Waals surface area contributed by atoms with E-state index in [4.69, 9.17) is 17.3 Å². The summed E-state index contributed by atoms with van der Waals surface area (Å²) in [6, 6.07) is 5.41. The molecule has 18 heavy (non-hydrogen) atoms. The van der Waals surface area contributed by atoms with E-state index in [-0.39, 0.29) is 5.91 Å². The van der Waals surface area contributed by atoms with Gasteiger partial charge in [0.05, 0.1) is 0 Å². The second kappa shape index (κ2) is 5.61. The Morgan fingerprint density at radius 3 is 2.89 bits per heavy atom. The van der Waals surface area contributed by atoms with E-state index in [1.54, 1.807) is 18.2 Å². The third kappa shape index (κ3) is 2.78. The number of hydrogen-bond donors (Lipinski definition) is 1. The molecular formula is C14H19ClN2O. The minimum Gasteiger partial charge on any atom is -0.399 e. The first-order valence-corrected chi connectivity index (χ1v) is 6.86. The smallest absolute Gasteiger partial charge is 0.254 e. The fourth-order valence-electron chi connectivity index (χ4n) is 2.59. The molecule has 4 heteroatoms. The molecule has 0 aromatic heterocycles. The molecule has 1 heterocycles. The van der Waals surface area contributed by atoms with Crippen molar-refractivity contribution in [2.24, 2.45) is 0 Å². The molecule has 1 aliphatic heterocycles. The molecule has 2 N–H and O–H groups in total. The summed E-state index contributed by atoms with van der Waals surface area (Å²) in [6.07, 6.45) is 4.39. The maximum Gasteiger partial charge on any atom is 0.254 e. The van der Waals surface area contributed by atoms with Crippen molar-refractivity contribution in [3.63, 3.8) is 0 Å². The van der Waals surface area contributed by atoms with Crippen molar-refractivity contribution in [1.29, 1.82) is 0 Å². The zero-order chi connectivity index (χ0) is 13.1. The van der Waals surface area contributed by atoms with Crippen molar-refractivity contribution in [2.45, 2.75) is 38.6 Å². The highest BCUT2D eigenvalue weighted by atomic mass is 35.5. The molecule has 1 unspecified atom stereocenters. The maximum absolute atomic E-state index is 12.5. The normalized spacial score (nSPS) is 19.9. The Kier molecular flexibility index (Phi) is 4.12. The monoisotopic (exact) mass is 266 g/mol. The van der Waals surface area contributed by atoms with Gasteiger partial charge in [0, 0.05) is 28.9 Å². The molecule has 3 nitrogen and oxygen atoms in total. The lowest BCUT2D eigenvalue weighted by molar-refractivity contribution is 0.0608. The van der Waals surface area contributed by atoms with E-state index in [0.29, 0.717) is 22.3 Å². The number of nitrogens with zero attached hydrogens (tertiary/aromatic N) is 1. The quantitative estimate of drug-likeness (QED) is 0.835. The third-order valence-corrected chi connectivity index (χ3v) is 3.74. The number of benzene rings is 1. The van der Waals surface area contributed by atoms with Crippen molar-refractivity contribution in [1.82, 2.24) is 4.90 Å². The highest BCUT2D eigenvalue weighted by Crippen LogP contribution is 2.24. The summed E-state index contributed by atoms with van der Waals surface area (Å²) in [5, 5.41) is 0.517. The highest BCUT2D eigenvalue weighted by Gasteiger charge is 2.26. The summed E-state index contributed by atoms with van der Waals surface area (Å²) in [5.74, 6) is 0.0516. The molecule has 98 valence electrons. The Morgan fingerprint density at radius 2 is 2.22 bits per heavy atom. The molecule has 1 atom stereocenters.